The van der Waals surface area contributed by atoms with E-state index in [1.807, 2.05) is 0 Å². The largest absolute Gasteiger partial charge is 0.0724 e. The second-order valence-electron chi connectivity index (χ2n) is 4.60. The fourth-order valence-corrected chi connectivity index (χ4v) is 4.41. The molecule has 1 aromatic rings. The van der Waals surface area contributed by atoms with Crippen molar-refractivity contribution >= 4 is 13.2 Å². The van der Waals surface area contributed by atoms with E-state index in [-0.39, 0.29) is 7.92 Å². The van der Waals surface area contributed by atoms with E-state index in [1.54, 1.807) is 5.30 Å². The van der Waals surface area contributed by atoms with Crippen LogP contribution in [0, 0.1) is 5.92 Å². The van der Waals surface area contributed by atoms with Crippen LogP contribution >= 0.6 is 7.92 Å². The minimum Gasteiger partial charge on any atom is -0.0724 e. The second-order valence-corrected chi connectivity index (χ2v) is 7.45. The quantitative estimate of drug-likeness (QED) is 0.653. The Morgan fingerprint density at radius 2 is 1.67 bits per heavy atom. The molecule has 1 aromatic carbocycles. The minimum absolute atomic E-state index is 0.0400. The lowest BCUT2D eigenvalue weighted by Crippen LogP contribution is -2.14. The summed E-state index contributed by atoms with van der Waals surface area (Å²) in [7, 11) is 0.0400. The van der Waals surface area contributed by atoms with Gasteiger partial charge < -0.3 is 0 Å². The topological polar surface area (TPSA) is 0 Å². The molecule has 0 saturated carbocycles. The number of hydrogen-bond donors (Lipinski definition) is 0. The molecule has 0 bridgehead atoms. The predicted octanol–water partition coefficient (Wildman–Crippen LogP) is 4.25. The zero-order chi connectivity index (χ0) is 11.3. The lowest BCUT2D eigenvalue weighted by Gasteiger charge is -2.25. The van der Waals surface area contributed by atoms with Crippen LogP contribution in [0.3, 0.4) is 0 Å². The van der Waals surface area contributed by atoms with Crippen molar-refractivity contribution in [1.82, 2.24) is 0 Å². The van der Waals surface area contributed by atoms with Gasteiger partial charge in [-0.2, -0.15) is 0 Å². The third kappa shape index (κ3) is 3.95. The van der Waals surface area contributed by atoms with Crippen LogP contribution in [0.25, 0.3) is 0 Å². The monoisotopic (exact) mass is 222 g/mol. The molecule has 0 amide bonds. The van der Waals surface area contributed by atoms with Gasteiger partial charge in [0.15, 0.2) is 0 Å². The molecule has 2 atom stereocenters. The molecule has 0 aromatic heterocycles. The maximum Gasteiger partial charge on any atom is -0.0226 e. The van der Waals surface area contributed by atoms with Crippen molar-refractivity contribution in [2.45, 2.75) is 39.8 Å². The van der Waals surface area contributed by atoms with Gasteiger partial charge in [0.25, 0.3) is 0 Å². The van der Waals surface area contributed by atoms with Crippen LogP contribution < -0.4 is 5.30 Å². The van der Waals surface area contributed by atoms with Crippen LogP contribution in [0.2, 0.25) is 0 Å². The van der Waals surface area contributed by atoms with Gasteiger partial charge in [0.05, 0.1) is 0 Å². The van der Waals surface area contributed by atoms with Gasteiger partial charge in [0, 0.05) is 0 Å². The number of hydrogen-bond acceptors (Lipinski definition) is 0. The summed E-state index contributed by atoms with van der Waals surface area (Å²) in [5.74, 6) is 0.860. The molecule has 0 fully saturated rings. The molecule has 0 N–H and O–H groups in total. The average molecular weight is 222 g/mol. The van der Waals surface area contributed by atoms with Crippen molar-refractivity contribution in [2.24, 2.45) is 5.92 Å². The predicted molar refractivity (Wildman–Crippen MR) is 72.5 cm³/mol. The Hall–Kier alpha value is -0.350. The van der Waals surface area contributed by atoms with Crippen molar-refractivity contribution < 1.29 is 0 Å². The first kappa shape index (κ1) is 12.7. The summed E-state index contributed by atoms with van der Waals surface area (Å²) in [6.07, 6.45) is 2.69. The van der Waals surface area contributed by atoms with E-state index in [1.165, 1.54) is 12.6 Å². The zero-order valence-corrected chi connectivity index (χ0v) is 11.3. The third-order valence-electron chi connectivity index (χ3n) is 2.92. The summed E-state index contributed by atoms with van der Waals surface area (Å²) in [5, 5.41) is 1.57. The zero-order valence-electron chi connectivity index (χ0n) is 10.4. The maximum absolute atomic E-state index is 2.38. The molecule has 0 aliphatic heterocycles. The van der Waals surface area contributed by atoms with Gasteiger partial charge in [-0.3, -0.25) is 0 Å². The Morgan fingerprint density at radius 3 is 2.13 bits per heavy atom. The molecular weight excluding hydrogens is 199 g/mol. The summed E-state index contributed by atoms with van der Waals surface area (Å²) in [6.45, 7) is 9.40. The molecule has 0 nitrogen and oxygen atoms in total. The molecule has 0 saturated heterocycles. The lowest BCUT2D eigenvalue weighted by molar-refractivity contribution is 0.632. The molecule has 0 aliphatic carbocycles. The fourth-order valence-electron chi connectivity index (χ4n) is 1.70. The highest BCUT2D eigenvalue weighted by atomic mass is 31.1. The van der Waals surface area contributed by atoms with E-state index in [4.69, 9.17) is 0 Å². The van der Waals surface area contributed by atoms with Crippen molar-refractivity contribution in [3.63, 3.8) is 0 Å². The smallest absolute Gasteiger partial charge is 0.0226 e. The van der Waals surface area contributed by atoms with Crippen molar-refractivity contribution in [3.05, 3.63) is 30.3 Å². The van der Waals surface area contributed by atoms with Crippen molar-refractivity contribution in [3.8, 4) is 0 Å². The highest BCUT2D eigenvalue weighted by Gasteiger charge is 2.16. The summed E-state index contributed by atoms with van der Waals surface area (Å²) in [6, 6.07) is 11.1. The Bertz CT molecular complexity index is 266. The normalized spacial score (nSPS) is 15.3. The molecule has 15 heavy (non-hydrogen) atoms. The maximum atomic E-state index is 2.38. The van der Waals surface area contributed by atoms with Crippen LogP contribution in [-0.2, 0) is 0 Å². The van der Waals surface area contributed by atoms with Gasteiger partial charge in [-0.05, 0) is 23.0 Å². The van der Waals surface area contributed by atoms with E-state index in [9.17, 15) is 0 Å². The highest BCUT2D eigenvalue weighted by molar-refractivity contribution is 7.66. The van der Waals surface area contributed by atoms with Gasteiger partial charge in [-0.1, -0.05) is 72.4 Å². The van der Waals surface area contributed by atoms with E-state index in [0.29, 0.717) is 0 Å². The first-order chi connectivity index (χ1) is 7.15. The first-order valence-electron chi connectivity index (χ1n) is 5.96. The van der Waals surface area contributed by atoms with Crippen molar-refractivity contribution in [2.75, 3.05) is 6.16 Å². The highest BCUT2D eigenvalue weighted by Crippen LogP contribution is 2.42. The summed E-state index contributed by atoms with van der Waals surface area (Å²) >= 11 is 0. The van der Waals surface area contributed by atoms with Gasteiger partial charge in [-0.25, -0.2) is 0 Å². The molecule has 0 radical (unpaired) electrons. The Labute approximate surface area is 95.9 Å². The standard InChI is InChI=1S/C14H23P/c1-5-13(4)11-15(12(2)3)14-9-7-6-8-10-14/h6-10,12-13H,5,11H2,1-4H3. The lowest BCUT2D eigenvalue weighted by atomic mass is 10.2. The molecule has 0 aliphatic rings. The Kier molecular flexibility index (Phi) is 5.32. The van der Waals surface area contributed by atoms with E-state index in [2.05, 4.69) is 58.0 Å². The summed E-state index contributed by atoms with van der Waals surface area (Å²) in [5.41, 5.74) is 0.802. The van der Waals surface area contributed by atoms with Crippen molar-refractivity contribution in [1.29, 1.82) is 0 Å². The molecule has 0 heterocycles. The second kappa shape index (κ2) is 6.28. The number of benzene rings is 1. The SMILES string of the molecule is CCC(C)CP(c1ccccc1)C(C)C. The van der Waals surface area contributed by atoms with Crippen LogP contribution in [-0.4, -0.2) is 11.8 Å². The Balaban J connectivity index is 2.75. The molecule has 0 spiro atoms. The van der Waals surface area contributed by atoms with Crippen LogP contribution in [0.5, 0.6) is 0 Å². The van der Waals surface area contributed by atoms with Gasteiger partial charge in [-0.15, -0.1) is 0 Å². The Morgan fingerprint density at radius 1 is 1.07 bits per heavy atom. The van der Waals surface area contributed by atoms with E-state index >= 15 is 0 Å². The minimum atomic E-state index is 0.0400. The molecule has 1 heteroatoms. The van der Waals surface area contributed by atoms with E-state index in [0.717, 1.165) is 11.6 Å². The molecule has 1 rings (SSSR count). The molecular formula is C14H23P. The summed E-state index contributed by atoms with van der Waals surface area (Å²) < 4.78 is 0. The first-order valence-corrected chi connectivity index (χ1v) is 7.56. The van der Waals surface area contributed by atoms with Gasteiger partial charge in [0.2, 0.25) is 0 Å². The summed E-state index contributed by atoms with van der Waals surface area (Å²) in [4.78, 5) is 0. The fraction of sp³-hybridized carbons (Fsp3) is 0.571. The van der Waals surface area contributed by atoms with Gasteiger partial charge in [0.1, 0.15) is 0 Å². The number of rotatable bonds is 5. The molecule has 2 unspecified atom stereocenters. The van der Waals surface area contributed by atoms with Gasteiger partial charge >= 0.3 is 0 Å². The average Bonchev–Trinajstić information content (AvgIpc) is 2.26. The third-order valence-corrected chi connectivity index (χ3v) is 6.14. The van der Waals surface area contributed by atoms with E-state index < -0.39 is 0 Å². The van der Waals surface area contributed by atoms with Crippen LogP contribution in [0.4, 0.5) is 0 Å². The molecule has 84 valence electrons. The van der Waals surface area contributed by atoms with Crippen LogP contribution in [0.1, 0.15) is 34.1 Å². The van der Waals surface area contributed by atoms with Crippen LogP contribution in [0.15, 0.2) is 30.3 Å².